The van der Waals surface area contributed by atoms with E-state index in [9.17, 15) is 8.42 Å². The van der Waals surface area contributed by atoms with Gasteiger partial charge in [0.1, 0.15) is 4.90 Å². The molecular formula is C13H22N2O3S. The number of hydrogen-bond donors (Lipinski definition) is 3. The Labute approximate surface area is 115 Å². The van der Waals surface area contributed by atoms with Crippen molar-refractivity contribution in [2.24, 2.45) is 0 Å². The summed E-state index contributed by atoms with van der Waals surface area (Å²) in [6, 6.07) is 6.93. The van der Waals surface area contributed by atoms with E-state index < -0.39 is 10.0 Å². The lowest BCUT2D eigenvalue weighted by atomic mass is 10.2. The molecule has 3 N–H and O–H groups in total. The van der Waals surface area contributed by atoms with Gasteiger partial charge >= 0.3 is 0 Å². The van der Waals surface area contributed by atoms with Crippen LogP contribution in [0.2, 0.25) is 0 Å². The Morgan fingerprint density at radius 2 is 2.00 bits per heavy atom. The molecule has 6 heteroatoms. The van der Waals surface area contributed by atoms with Crippen LogP contribution in [0.15, 0.2) is 29.2 Å². The van der Waals surface area contributed by atoms with E-state index in [1.165, 1.54) is 0 Å². The zero-order chi connectivity index (χ0) is 14.3. The molecule has 0 aliphatic carbocycles. The van der Waals surface area contributed by atoms with Crippen molar-refractivity contribution in [3.63, 3.8) is 0 Å². The molecule has 0 bridgehead atoms. The molecule has 1 unspecified atom stereocenters. The second-order valence-corrected chi connectivity index (χ2v) is 6.14. The fourth-order valence-electron chi connectivity index (χ4n) is 1.82. The van der Waals surface area contributed by atoms with Gasteiger partial charge in [-0.25, -0.2) is 13.1 Å². The normalized spacial score (nSPS) is 13.2. The summed E-state index contributed by atoms with van der Waals surface area (Å²) in [5.74, 6) is 0. The van der Waals surface area contributed by atoms with Gasteiger partial charge in [0.25, 0.3) is 0 Å². The quantitative estimate of drug-likeness (QED) is 0.677. The van der Waals surface area contributed by atoms with Crippen molar-refractivity contribution in [1.29, 1.82) is 0 Å². The summed E-state index contributed by atoms with van der Waals surface area (Å²) >= 11 is 0. The zero-order valence-electron chi connectivity index (χ0n) is 11.4. The van der Waals surface area contributed by atoms with Crippen LogP contribution in [0, 0.1) is 0 Å². The number of aliphatic hydroxyl groups excluding tert-OH is 1. The highest BCUT2D eigenvalue weighted by Gasteiger charge is 2.17. The number of rotatable bonds is 8. The van der Waals surface area contributed by atoms with E-state index in [1.54, 1.807) is 31.2 Å². The molecule has 19 heavy (non-hydrogen) atoms. The van der Waals surface area contributed by atoms with Crippen LogP contribution in [-0.2, 0) is 10.0 Å². The maximum absolute atomic E-state index is 12.1. The molecule has 0 fully saturated rings. The van der Waals surface area contributed by atoms with Gasteiger partial charge in [-0.2, -0.15) is 0 Å². The summed E-state index contributed by atoms with van der Waals surface area (Å²) in [7, 11) is -3.47. The van der Waals surface area contributed by atoms with Gasteiger partial charge in [0, 0.05) is 19.2 Å². The molecular weight excluding hydrogens is 264 g/mol. The SMILES string of the molecule is CCNS(=O)(=O)c1ccccc1NC(C)CCCO. The summed E-state index contributed by atoms with van der Waals surface area (Å²) in [5.41, 5.74) is 0.592. The molecule has 1 aromatic rings. The van der Waals surface area contributed by atoms with E-state index in [4.69, 9.17) is 5.11 Å². The minimum atomic E-state index is -3.47. The third-order valence-corrected chi connectivity index (χ3v) is 4.31. The summed E-state index contributed by atoms with van der Waals surface area (Å²) in [5, 5.41) is 12.0. The van der Waals surface area contributed by atoms with Gasteiger partial charge in [-0.05, 0) is 31.9 Å². The largest absolute Gasteiger partial charge is 0.396 e. The van der Waals surface area contributed by atoms with Crippen LogP contribution in [0.25, 0.3) is 0 Å². The molecule has 0 saturated carbocycles. The van der Waals surface area contributed by atoms with Crippen LogP contribution in [-0.4, -0.2) is 32.7 Å². The fraction of sp³-hybridized carbons (Fsp3) is 0.538. The van der Waals surface area contributed by atoms with Crippen LogP contribution in [0.1, 0.15) is 26.7 Å². The van der Waals surface area contributed by atoms with Crippen molar-refractivity contribution < 1.29 is 13.5 Å². The predicted molar refractivity (Wildman–Crippen MR) is 76.7 cm³/mol. The molecule has 0 spiro atoms. The smallest absolute Gasteiger partial charge is 0.242 e. The summed E-state index contributed by atoms with van der Waals surface area (Å²) in [4.78, 5) is 0.257. The average molecular weight is 286 g/mol. The highest BCUT2D eigenvalue weighted by Crippen LogP contribution is 2.22. The Kier molecular flexibility index (Phi) is 6.27. The summed E-state index contributed by atoms with van der Waals surface area (Å²) in [6.07, 6.45) is 1.47. The highest BCUT2D eigenvalue weighted by molar-refractivity contribution is 7.89. The Morgan fingerprint density at radius 1 is 1.32 bits per heavy atom. The van der Waals surface area contributed by atoms with Crippen LogP contribution >= 0.6 is 0 Å². The van der Waals surface area contributed by atoms with Gasteiger partial charge in [-0.1, -0.05) is 19.1 Å². The van der Waals surface area contributed by atoms with Gasteiger partial charge in [0.05, 0.1) is 5.69 Å². The molecule has 0 saturated heterocycles. The van der Waals surface area contributed by atoms with Gasteiger partial charge < -0.3 is 10.4 Å². The summed E-state index contributed by atoms with van der Waals surface area (Å²) in [6.45, 7) is 4.21. The number of para-hydroxylation sites is 1. The highest BCUT2D eigenvalue weighted by atomic mass is 32.2. The van der Waals surface area contributed by atoms with Crippen molar-refractivity contribution in [2.75, 3.05) is 18.5 Å². The van der Waals surface area contributed by atoms with E-state index in [1.807, 2.05) is 6.92 Å². The Hall–Kier alpha value is -1.11. The van der Waals surface area contributed by atoms with Gasteiger partial charge in [-0.3, -0.25) is 0 Å². The van der Waals surface area contributed by atoms with E-state index in [-0.39, 0.29) is 17.5 Å². The average Bonchev–Trinajstić information content (AvgIpc) is 2.36. The molecule has 0 radical (unpaired) electrons. The first kappa shape index (κ1) is 15.9. The lowest BCUT2D eigenvalue weighted by molar-refractivity contribution is 0.282. The Bertz CT molecular complexity index is 488. The van der Waals surface area contributed by atoms with Crippen molar-refractivity contribution in [3.8, 4) is 0 Å². The van der Waals surface area contributed by atoms with Crippen LogP contribution in [0.4, 0.5) is 5.69 Å². The fourth-order valence-corrected chi connectivity index (χ4v) is 3.03. The van der Waals surface area contributed by atoms with Crippen LogP contribution in [0.5, 0.6) is 0 Å². The molecule has 1 atom stereocenters. The second-order valence-electron chi connectivity index (χ2n) is 4.41. The first-order chi connectivity index (χ1) is 9.01. The molecule has 0 aromatic heterocycles. The molecule has 1 aromatic carbocycles. The zero-order valence-corrected chi connectivity index (χ0v) is 12.2. The molecule has 0 amide bonds. The molecule has 5 nitrogen and oxygen atoms in total. The summed E-state index contributed by atoms with van der Waals surface area (Å²) < 4.78 is 26.6. The monoisotopic (exact) mass is 286 g/mol. The van der Waals surface area contributed by atoms with Gasteiger partial charge in [-0.15, -0.1) is 0 Å². The second kappa shape index (κ2) is 7.47. The lowest BCUT2D eigenvalue weighted by Gasteiger charge is -2.17. The van der Waals surface area contributed by atoms with E-state index in [0.29, 0.717) is 18.7 Å². The number of benzene rings is 1. The molecule has 0 heterocycles. The number of hydrogen-bond acceptors (Lipinski definition) is 4. The number of sulfonamides is 1. The van der Waals surface area contributed by atoms with Crippen LogP contribution in [0.3, 0.4) is 0 Å². The van der Waals surface area contributed by atoms with E-state index >= 15 is 0 Å². The third-order valence-electron chi connectivity index (χ3n) is 2.71. The number of aliphatic hydroxyl groups is 1. The van der Waals surface area contributed by atoms with Crippen molar-refractivity contribution in [3.05, 3.63) is 24.3 Å². The van der Waals surface area contributed by atoms with Crippen molar-refractivity contribution in [1.82, 2.24) is 4.72 Å². The third kappa shape index (κ3) is 4.81. The van der Waals surface area contributed by atoms with Crippen molar-refractivity contribution >= 4 is 15.7 Å². The molecule has 108 valence electrons. The number of anilines is 1. The van der Waals surface area contributed by atoms with Crippen molar-refractivity contribution in [2.45, 2.75) is 37.6 Å². The minimum Gasteiger partial charge on any atom is -0.396 e. The number of nitrogens with one attached hydrogen (secondary N) is 2. The van der Waals surface area contributed by atoms with E-state index in [0.717, 1.165) is 6.42 Å². The lowest BCUT2D eigenvalue weighted by Crippen LogP contribution is -2.25. The predicted octanol–water partition coefficient (Wildman–Crippen LogP) is 1.56. The molecule has 1 rings (SSSR count). The molecule has 0 aliphatic heterocycles. The van der Waals surface area contributed by atoms with Gasteiger partial charge in [0.2, 0.25) is 10.0 Å². The van der Waals surface area contributed by atoms with Gasteiger partial charge in [0.15, 0.2) is 0 Å². The standard InChI is InChI=1S/C13H22N2O3S/c1-3-14-19(17,18)13-9-5-4-8-12(13)15-11(2)7-6-10-16/h4-5,8-9,11,14-16H,3,6-7,10H2,1-2H3. The van der Waals surface area contributed by atoms with E-state index in [2.05, 4.69) is 10.0 Å². The Morgan fingerprint density at radius 3 is 2.63 bits per heavy atom. The first-order valence-electron chi connectivity index (χ1n) is 6.47. The maximum atomic E-state index is 12.1. The van der Waals surface area contributed by atoms with Crippen LogP contribution < -0.4 is 10.0 Å². The molecule has 0 aliphatic rings. The first-order valence-corrected chi connectivity index (χ1v) is 7.95. The Balaban J connectivity index is 2.90. The maximum Gasteiger partial charge on any atom is 0.242 e. The minimum absolute atomic E-state index is 0.102. The topological polar surface area (TPSA) is 78.4 Å².